The minimum atomic E-state index is 0. The summed E-state index contributed by atoms with van der Waals surface area (Å²) in [7, 11) is 0. The maximum Gasteiger partial charge on any atom is -0.870 e. The summed E-state index contributed by atoms with van der Waals surface area (Å²) in [6.45, 7) is 4.60. The normalized spacial score (nSPS) is 7.73. The predicted octanol–water partition coefficient (Wildman–Crippen LogP) is 2.25. The standard InChI is InChI=1S/C7H15.Hf.3H2O/c1-4-5-6-7(2)3;;;;/h7H,1,4-6H2,2-3H3;;3*1H2/q;+3;;;/p-3. The van der Waals surface area contributed by atoms with E-state index in [9.17, 15) is 0 Å². The molecule has 0 radical (unpaired) electrons. The van der Waals surface area contributed by atoms with Crippen molar-refractivity contribution < 1.29 is 40.8 Å². The molecule has 11 heavy (non-hydrogen) atoms. The van der Waals surface area contributed by atoms with Gasteiger partial charge in [0.1, 0.15) is 0 Å². The molecule has 0 aliphatic rings. The molecule has 0 fully saturated rings. The quantitative estimate of drug-likeness (QED) is 0.585. The maximum absolute atomic E-state index is 2.30. The Balaban J connectivity index is -0.0000000817. The average Bonchev–Trinajstić information content (AvgIpc) is 1.66. The topological polar surface area (TPSA) is 90.0 Å². The van der Waals surface area contributed by atoms with Crippen LogP contribution in [0.15, 0.2) is 0 Å². The van der Waals surface area contributed by atoms with Crippen molar-refractivity contribution in [3.05, 3.63) is 0 Å². The van der Waals surface area contributed by atoms with E-state index in [1.807, 2.05) is 0 Å². The zero-order valence-corrected chi connectivity index (χ0v) is 10.8. The van der Waals surface area contributed by atoms with Crippen LogP contribution in [0, 0.1) is 5.92 Å². The molecule has 0 aliphatic heterocycles. The van der Waals surface area contributed by atoms with E-state index in [2.05, 4.69) is 13.8 Å². The summed E-state index contributed by atoms with van der Waals surface area (Å²) in [5.74, 6) is 0.920. The molecule has 0 amide bonds. The van der Waals surface area contributed by atoms with Crippen LogP contribution in [0.5, 0.6) is 0 Å². The van der Waals surface area contributed by atoms with E-state index in [-0.39, 0.29) is 16.4 Å². The van der Waals surface area contributed by atoms with Gasteiger partial charge in [0.15, 0.2) is 0 Å². The molecule has 3 nitrogen and oxygen atoms in total. The molecule has 0 rings (SSSR count). The third-order valence-corrected chi connectivity index (χ3v) is 2.48. The van der Waals surface area contributed by atoms with Crippen molar-refractivity contribution in [2.45, 2.75) is 37.3 Å². The van der Waals surface area contributed by atoms with E-state index in [4.69, 9.17) is 0 Å². The molecule has 3 N–H and O–H groups in total. The van der Waals surface area contributed by atoms with Crippen molar-refractivity contribution in [3.63, 3.8) is 0 Å². The van der Waals surface area contributed by atoms with Gasteiger partial charge < -0.3 is 16.4 Å². The second-order valence-electron chi connectivity index (χ2n) is 2.64. The van der Waals surface area contributed by atoms with Crippen LogP contribution >= 0.6 is 0 Å². The summed E-state index contributed by atoms with van der Waals surface area (Å²) in [6, 6.07) is 0. The van der Waals surface area contributed by atoms with E-state index in [0.717, 1.165) is 5.92 Å². The molecule has 0 heterocycles. The molecular formula is C7H18HfO3. The van der Waals surface area contributed by atoms with Gasteiger partial charge in [-0.3, -0.25) is 0 Å². The van der Waals surface area contributed by atoms with Crippen LogP contribution in [0.2, 0.25) is 4.18 Å². The van der Waals surface area contributed by atoms with Crippen molar-refractivity contribution >= 4 is 0 Å². The molecule has 0 bridgehead atoms. The van der Waals surface area contributed by atoms with Gasteiger partial charge >= 0.3 is 67.6 Å². The fourth-order valence-corrected chi connectivity index (χ4v) is 1.58. The fourth-order valence-electron chi connectivity index (χ4n) is 0.678. The second-order valence-corrected chi connectivity index (χ2v) is 4.44. The van der Waals surface area contributed by atoms with E-state index in [0.29, 0.717) is 0 Å². The zero-order chi connectivity index (χ0) is 6.41. The van der Waals surface area contributed by atoms with E-state index in [1.165, 1.54) is 47.8 Å². The Hall–Kier alpha value is 0.750. The van der Waals surface area contributed by atoms with Gasteiger partial charge in [-0.05, 0) is 0 Å². The van der Waals surface area contributed by atoms with Crippen molar-refractivity contribution in [1.29, 1.82) is 0 Å². The van der Waals surface area contributed by atoms with Gasteiger partial charge in [0.05, 0.1) is 0 Å². The Morgan fingerprint density at radius 2 is 1.45 bits per heavy atom. The van der Waals surface area contributed by atoms with Crippen molar-refractivity contribution in [2.75, 3.05) is 0 Å². The molecule has 0 saturated heterocycles. The predicted molar refractivity (Wildman–Crippen MR) is 39.3 cm³/mol. The summed E-state index contributed by atoms with van der Waals surface area (Å²) < 4.78 is 1.49. The van der Waals surface area contributed by atoms with Gasteiger partial charge in [-0.1, -0.05) is 0 Å². The van der Waals surface area contributed by atoms with E-state index >= 15 is 0 Å². The summed E-state index contributed by atoms with van der Waals surface area (Å²) >= 11 is 1.40. The molecule has 0 unspecified atom stereocenters. The van der Waals surface area contributed by atoms with E-state index in [1.54, 1.807) is 0 Å². The van der Waals surface area contributed by atoms with Gasteiger partial charge in [0.2, 0.25) is 0 Å². The Labute approximate surface area is 84.1 Å². The summed E-state index contributed by atoms with van der Waals surface area (Å²) in [5.41, 5.74) is 0. The van der Waals surface area contributed by atoms with Crippen molar-refractivity contribution in [3.8, 4) is 0 Å². The molecule has 0 spiro atoms. The Bertz CT molecular complexity index is 51.0. The minimum absolute atomic E-state index is 0. The minimum Gasteiger partial charge on any atom is -0.870 e. The zero-order valence-electron chi connectivity index (χ0n) is 7.25. The first-order chi connectivity index (χ1) is 3.77. The van der Waals surface area contributed by atoms with Gasteiger partial charge in [0.25, 0.3) is 0 Å². The molecule has 0 atom stereocenters. The molecule has 0 aromatic heterocycles. The largest absolute Gasteiger partial charge is 0.870 e. The molecule has 0 aliphatic carbocycles. The van der Waals surface area contributed by atoms with Crippen LogP contribution in [0.25, 0.3) is 0 Å². The van der Waals surface area contributed by atoms with Crippen molar-refractivity contribution in [1.82, 2.24) is 0 Å². The summed E-state index contributed by atoms with van der Waals surface area (Å²) in [6.07, 6.45) is 4.37. The van der Waals surface area contributed by atoms with Gasteiger partial charge in [0, 0.05) is 0 Å². The van der Waals surface area contributed by atoms with Crippen LogP contribution in [-0.4, -0.2) is 16.4 Å². The molecule has 0 aromatic carbocycles. The molecule has 0 saturated carbocycles. The smallest absolute Gasteiger partial charge is 0.870 e. The van der Waals surface area contributed by atoms with E-state index < -0.39 is 0 Å². The first-order valence-corrected chi connectivity index (χ1v) is 5.96. The van der Waals surface area contributed by atoms with Gasteiger partial charge in [-0.15, -0.1) is 0 Å². The third kappa shape index (κ3) is 24.9. The first kappa shape index (κ1) is 22.6. The van der Waals surface area contributed by atoms with Gasteiger partial charge in [-0.2, -0.15) is 0 Å². The average molecular weight is 329 g/mol. The monoisotopic (exact) mass is 330 g/mol. The SMILES string of the molecule is CC(C)CCC[CH2][Hf+3].[OH-].[OH-].[OH-]. The second kappa shape index (κ2) is 17.0. The van der Waals surface area contributed by atoms with Crippen LogP contribution in [0.4, 0.5) is 0 Å². The third-order valence-electron chi connectivity index (χ3n) is 1.21. The van der Waals surface area contributed by atoms with Crippen molar-refractivity contribution in [2.24, 2.45) is 5.92 Å². The molecule has 0 aromatic rings. The molecular weight excluding hydrogens is 311 g/mol. The Morgan fingerprint density at radius 1 is 1.00 bits per heavy atom. The molecule has 68 valence electrons. The Kier molecular flexibility index (Phi) is 35.0. The number of hydrogen-bond donors (Lipinski definition) is 0. The fraction of sp³-hybridized carbons (Fsp3) is 1.00. The van der Waals surface area contributed by atoms with Crippen LogP contribution in [-0.2, 0) is 24.4 Å². The van der Waals surface area contributed by atoms with Crippen LogP contribution in [0.1, 0.15) is 33.1 Å². The van der Waals surface area contributed by atoms with Crippen LogP contribution in [0.3, 0.4) is 0 Å². The number of unbranched alkanes of at least 4 members (excludes halogenated alkanes) is 1. The number of hydrogen-bond acceptors (Lipinski definition) is 3. The first-order valence-electron chi connectivity index (χ1n) is 3.42. The van der Waals surface area contributed by atoms with Crippen LogP contribution < -0.4 is 0 Å². The molecule has 4 heteroatoms. The maximum atomic E-state index is 2.30. The summed E-state index contributed by atoms with van der Waals surface area (Å²) in [5, 5.41) is 0. The number of rotatable bonds is 4. The van der Waals surface area contributed by atoms with Gasteiger partial charge in [-0.25, -0.2) is 0 Å². The summed E-state index contributed by atoms with van der Waals surface area (Å²) in [4.78, 5) is 0. The Morgan fingerprint density at radius 3 is 1.73 bits per heavy atom.